The molecule has 2 aromatic rings. The van der Waals surface area contributed by atoms with Crippen LogP contribution >= 0.6 is 0 Å². The second-order valence-electron chi connectivity index (χ2n) is 5.60. The van der Waals surface area contributed by atoms with E-state index >= 15 is 0 Å². The van der Waals surface area contributed by atoms with Crippen molar-refractivity contribution >= 4 is 11.6 Å². The highest BCUT2D eigenvalue weighted by molar-refractivity contribution is 5.91. The van der Waals surface area contributed by atoms with Gasteiger partial charge in [-0.05, 0) is 36.2 Å². The van der Waals surface area contributed by atoms with Gasteiger partial charge in [0.25, 0.3) is 0 Å². The third kappa shape index (κ3) is 4.15. The molecule has 3 rings (SSSR count). The first-order valence-electron chi connectivity index (χ1n) is 8.10. The number of carbonyl (C=O) groups is 1. The zero-order chi connectivity index (χ0) is 17.6. The number of fused-ring (bicyclic) bond motifs is 1. The van der Waals surface area contributed by atoms with Crippen molar-refractivity contribution in [2.24, 2.45) is 0 Å². The van der Waals surface area contributed by atoms with E-state index in [-0.39, 0.29) is 5.91 Å². The second-order valence-corrected chi connectivity index (χ2v) is 5.60. The van der Waals surface area contributed by atoms with Gasteiger partial charge in [0, 0.05) is 18.2 Å². The summed E-state index contributed by atoms with van der Waals surface area (Å²) in [5, 5.41) is 2.88. The molecule has 0 fully saturated rings. The van der Waals surface area contributed by atoms with Gasteiger partial charge in [0.15, 0.2) is 23.0 Å². The van der Waals surface area contributed by atoms with Gasteiger partial charge in [0.05, 0.1) is 14.2 Å². The minimum Gasteiger partial charge on any atom is -0.493 e. The molecule has 0 saturated heterocycles. The highest BCUT2D eigenvalue weighted by atomic mass is 16.6. The minimum absolute atomic E-state index is 0.0635. The lowest BCUT2D eigenvalue weighted by Gasteiger charge is -2.19. The fourth-order valence-electron chi connectivity index (χ4n) is 2.64. The quantitative estimate of drug-likeness (QED) is 0.873. The first-order chi connectivity index (χ1) is 12.2. The lowest BCUT2D eigenvalue weighted by molar-refractivity contribution is -0.116. The van der Waals surface area contributed by atoms with Gasteiger partial charge in [-0.3, -0.25) is 4.79 Å². The molecular formula is C19H21NO5. The van der Waals surface area contributed by atoms with Gasteiger partial charge < -0.3 is 24.3 Å². The van der Waals surface area contributed by atoms with Crippen LogP contribution in [0.1, 0.15) is 12.0 Å². The summed E-state index contributed by atoms with van der Waals surface area (Å²) >= 11 is 0. The molecule has 0 aromatic heterocycles. The van der Waals surface area contributed by atoms with Crippen LogP contribution in [0.25, 0.3) is 0 Å². The standard InChI is InChI=1S/C19H21NO5/c1-22-15-6-3-13(11-17(15)23-2)4-8-19(21)20-14-5-7-16-18(12-14)25-10-9-24-16/h3,5-7,11-12H,4,8-10H2,1-2H3,(H,20,21). The van der Waals surface area contributed by atoms with Gasteiger partial charge in [-0.2, -0.15) is 0 Å². The number of amides is 1. The Morgan fingerprint density at radius 1 is 1.00 bits per heavy atom. The fraction of sp³-hybridized carbons (Fsp3) is 0.316. The Kier molecular flexibility index (Phi) is 5.28. The summed E-state index contributed by atoms with van der Waals surface area (Å²) in [6, 6.07) is 11.0. The Morgan fingerprint density at radius 2 is 1.76 bits per heavy atom. The first kappa shape index (κ1) is 17.0. The minimum atomic E-state index is -0.0635. The predicted molar refractivity (Wildman–Crippen MR) is 93.9 cm³/mol. The average Bonchev–Trinajstić information content (AvgIpc) is 2.66. The van der Waals surface area contributed by atoms with E-state index in [4.69, 9.17) is 18.9 Å². The van der Waals surface area contributed by atoms with E-state index in [1.165, 1.54) is 0 Å². The SMILES string of the molecule is COc1ccc(CCC(=O)Nc2ccc3c(c2)OCCO3)cc1OC. The molecule has 132 valence electrons. The molecule has 6 heteroatoms. The van der Waals surface area contributed by atoms with Crippen LogP contribution in [0.15, 0.2) is 36.4 Å². The maximum atomic E-state index is 12.2. The summed E-state index contributed by atoms with van der Waals surface area (Å²) in [6.07, 6.45) is 0.973. The summed E-state index contributed by atoms with van der Waals surface area (Å²) in [4.78, 5) is 12.2. The molecular weight excluding hydrogens is 322 g/mol. The Balaban J connectivity index is 1.58. The second kappa shape index (κ2) is 7.79. The highest BCUT2D eigenvalue weighted by Crippen LogP contribution is 2.32. The first-order valence-corrected chi connectivity index (χ1v) is 8.10. The van der Waals surface area contributed by atoms with Gasteiger partial charge in [0.1, 0.15) is 13.2 Å². The molecule has 0 aliphatic carbocycles. The molecule has 6 nitrogen and oxygen atoms in total. The summed E-state index contributed by atoms with van der Waals surface area (Å²) in [5.74, 6) is 2.63. The van der Waals surface area contributed by atoms with Gasteiger partial charge in [-0.1, -0.05) is 6.07 Å². The molecule has 1 heterocycles. The van der Waals surface area contributed by atoms with Crippen molar-refractivity contribution in [3.8, 4) is 23.0 Å². The maximum absolute atomic E-state index is 12.2. The van der Waals surface area contributed by atoms with Crippen LogP contribution in [0.4, 0.5) is 5.69 Å². The number of ether oxygens (including phenoxy) is 4. The van der Waals surface area contributed by atoms with Crippen LogP contribution in [-0.2, 0) is 11.2 Å². The number of aryl methyl sites for hydroxylation is 1. The van der Waals surface area contributed by atoms with Gasteiger partial charge >= 0.3 is 0 Å². The van der Waals surface area contributed by atoms with Crippen LogP contribution in [0.2, 0.25) is 0 Å². The highest BCUT2D eigenvalue weighted by Gasteiger charge is 2.13. The van der Waals surface area contributed by atoms with Crippen LogP contribution in [-0.4, -0.2) is 33.3 Å². The number of nitrogens with one attached hydrogen (secondary N) is 1. The van der Waals surface area contributed by atoms with E-state index in [2.05, 4.69) is 5.32 Å². The molecule has 1 aliphatic heterocycles. The molecule has 2 aromatic carbocycles. The van der Waals surface area contributed by atoms with Crippen LogP contribution < -0.4 is 24.3 Å². The summed E-state index contributed by atoms with van der Waals surface area (Å²) in [5.41, 5.74) is 1.71. The number of rotatable bonds is 6. The van der Waals surface area contributed by atoms with E-state index in [0.29, 0.717) is 54.7 Å². The van der Waals surface area contributed by atoms with Crippen molar-refractivity contribution in [2.75, 3.05) is 32.8 Å². The average molecular weight is 343 g/mol. The molecule has 0 unspecified atom stereocenters. The Morgan fingerprint density at radius 3 is 2.52 bits per heavy atom. The lowest BCUT2D eigenvalue weighted by atomic mass is 10.1. The predicted octanol–water partition coefficient (Wildman–Crippen LogP) is 3.05. The summed E-state index contributed by atoms with van der Waals surface area (Å²) in [6.45, 7) is 1.06. The zero-order valence-corrected chi connectivity index (χ0v) is 14.3. The molecule has 1 aliphatic rings. The molecule has 1 N–H and O–H groups in total. The van der Waals surface area contributed by atoms with Crippen molar-refractivity contribution < 1.29 is 23.7 Å². The third-order valence-corrected chi connectivity index (χ3v) is 3.91. The van der Waals surface area contributed by atoms with Crippen molar-refractivity contribution in [3.63, 3.8) is 0 Å². The van der Waals surface area contributed by atoms with Crippen molar-refractivity contribution in [2.45, 2.75) is 12.8 Å². The van der Waals surface area contributed by atoms with E-state index in [0.717, 1.165) is 5.56 Å². The van der Waals surface area contributed by atoms with Crippen molar-refractivity contribution in [1.82, 2.24) is 0 Å². The normalized spacial score (nSPS) is 12.4. The molecule has 0 atom stereocenters. The molecule has 25 heavy (non-hydrogen) atoms. The van der Waals surface area contributed by atoms with E-state index < -0.39 is 0 Å². The Bertz CT molecular complexity index is 759. The topological polar surface area (TPSA) is 66.0 Å². The molecule has 0 bridgehead atoms. The molecule has 0 spiro atoms. The van der Waals surface area contributed by atoms with Gasteiger partial charge in [-0.15, -0.1) is 0 Å². The Labute approximate surface area is 146 Å². The number of hydrogen-bond donors (Lipinski definition) is 1. The van der Waals surface area contributed by atoms with Crippen LogP contribution in [0.3, 0.4) is 0 Å². The van der Waals surface area contributed by atoms with Crippen molar-refractivity contribution in [1.29, 1.82) is 0 Å². The van der Waals surface area contributed by atoms with E-state index in [1.54, 1.807) is 26.4 Å². The number of carbonyl (C=O) groups excluding carboxylic acids is 1. The fourth-order valence-corrected chi connectivity index (χ4v) is 2.64. The van der Waals surface area contributed by atoms with Crippen molar-refractivity contribution in [3.05, 3.63) is 42.0 Å². The van der Waals surface area contributed by atoms with Gasteiger partial charge in [-0.25, -0.2) is 0 Å². The van der Waals surface area contributed by atoms with E-state index in [9.17, 15) is 4.79 Å². The smallest absolute Gasteiger partial charge is 0.224 e. The number of hydrogen-bond acceptors (Lipinski definition) is 5. The summed E-state index contributed by atoms with van der Waals surface area (Å²) in [7, 11) is 3.19. The largest absolute Gasteiger partial charge is 0.493 e. The zero-order valence-electron chi connectivity index (χ0n) is 14.3. The Hall–Kier alpha value is -2.89. The molecule has 0 saturated carbocycles. The maximum Gasteiger partial charge on any atom is 0.224 e. The number of methoxy groups -OCH3 is 2. The summed E-state index contributed by atoms with van der Waals surface area (Å²) < 4.78 is 21.5. The van der Waals surface area contributed by atoms with Crippen LogP contribution in [0.5, 0.6) is 23.0 Å². The van der Waals surface area contributed by atoms with E-state index in [1.807, 2.05) is 24.3 Å². The van der Waals surface area contributed by atoms with Crippen LogP contribution in [0, 0.1) is 0 Å². The third-order valence-electron chi connectivity index (χ3n) is 3.91. The van der Waals surface area contributed by atoms with Gasteiger partial charge in [0.2, 0.25) is 5.91 Å². The lowest BCUT2D eigenvalue weighted by Crippen LogP contribution is -2.16. The molecule has 0 radical (unpaired) electrons. The number of anilines is 1. The monoisotopic (exact) mass is 343 g/mol. The number of benzene rings is 2. The molecule has 1 amide bonds.